The molecule has 17 heavy (non-hydrogen) atoms. The first kappa shape index (κ1) is 15.0. The van der Waals surface area contributed by atoms with Gasteiger partial charge in [0.2, 0.25) is 0 Å². The molecule has 0 radical (unpaired) electrons. The number of hydrogen-bond donors (Lipinski definition) is 0. The Hall–Kier alpha value is -0.0200. The van der Waals surface area contributed by atoms with Crippen molar-refractivity contribution in [2.75, 3.05) is 7.11 Å². The summed E-state index contributed by atoms with van der Waals surface area (Å²) in [5.41, 5.74) is 2.44. The highest BCUT2D eigenvalue weighted by Crippen LogP contribution is 2.41. The molecule has 1 aromatic carbocycles. The van der Waals surface area contributed by atoms with Crippen molar-refractivity contribution < 1.29 is 4.74 Å². The van der Waals surface area contributed by atoms with Gasteiger partial charge in [0.1, 0.15) is 5.75 Å². The van der Waals surface area contributed by atoms with Crippen LogP contribution in [0.2, 0.25) is 0 Å². The molecule has 0 heterocycles. The van der Waals surface area contributed by atoms with Crippen LogP contribution in [0.15, 0.2) is 16.6 Å². The topological polar surface area (TPSA) is 9.23 Å². The van der Waals surface area contributed by atoms with Crippen molar-refractivity contribution in [2.24, 2.45) is 5.92 Å². The van der Waals surface area contributed by atoms with Crippen molar-refractivity contribution in [3.05, 3.63) is 27.7 Å². The molecule has 0 aliphatic carbocycles. The molecule has 0 spiro atoms. The minimum Gasteiger partial charge on any atom is -0.496 e. The van der Waals surface area contributed by atoms with Crippen molar-refractivity contribution in [1.29, 1.82) is 0 Å². The first-order valence-electron chi connectivity index (χ1n) is 6.03. The lowest BCUT2D eigenvalue weighted by molar-refractivity contribution is 0.400. The molecule has 0 saturated carbocycles. The maximum absolute atomic E-state index is 5.49. The Morgan fingerprint density at radius 1 is 1.24 bits per heavy atom. The smallest absolute Gasteiger partial charge is 0.123 e. The van der Waals surface area contributed by atoms with Gasteiger partial charge in [-0.2, -0.15) is 0 Å². The van der Waals surface area contributed by atoms with E-state index >= 15 is 0 Å². The monoisotopic (exact) mass is 362 g/mol. The van der Waals surface area contributed by atoms with E-state index in [-0.39, 0.29) is 0 Å². The third-order valence-corrected chi connectivity index (χ3v) is 5.37. The second-order valence-electron chi connectivity index (χ2n) is 4.32. The van der Waals surface area contributed by atoms with E-state index in [1.54, 1.807) is 7.11 Å². The molecule has 0 aliphatic heterocycles. The highest BCUT2D eigenvalue weighted by Gasteiger charge is 2.21. The van der Waals surface area contributed by atoms with Gasteiger partial charge in [-0.25, -0.2) is 0 Å². The summed E-state index contributed by atoms with van der Waals surface area (Å²) in [6.45, 7) is 6.55. The Morgan fingerprint density at radius 2 is 1.82 bits per heavy atom. The molecule has 0 saturated heterocycles. The van der Waals surface area contributed by atoms with Crippen LogP contribution in [-0.4, -0.2) is 7.11 Å². The van der Waals surface area contributed by atoms with Crippen molar-refractivity contribution in [2.45, 2.75) is 38.4 Å². The van der Waals surface area contributed by atoms with E-state index in [4.69, 9.17) is 4.74 Å². The van der Waals surface area contributed by atoms with Gasteiger partial charge in [-0.1, -0.05) is 58.5 Å². The fourth-order valence-corrected chi connectivity index (χ4v) is 3.49. The summed E-state index contributed by atoms with van der Waals surface area (Å²) in [7, 11) is 1.73. The van der Waals surface area contributed by atoms with Gasteiger partial charge in [-0.05, 0) is 30.5 Å². The van der Waals surface area contributed by atoms with Gasteiger partial charge in [0.15, 0.2) is 0 Å². The van der Waals surface area contributed by atoms with Gasteiger partial charge in [-0.15, -0.1) is 0 Å². The zero-order valence-electron chi connectivity index (χ0n) is 10.9. The zero-order valence-corrected chi connectivity index (χ0v) is 14.1. The number of rotatable bonds is 5. The van der Waals surface area contributed by atoms with Crippen LogP contribution in [0.25, 0.3) is 0 Å². The van der Waals surface area contributed by atoms with Crippen LogP contribution in [0, 0.1) is 12.8 Å². The van der Waals surface area contributed by atoms with E-state index in [1.807, 2.05) is 0 Å². The summed E-state index contributed by atoms with van der Waals surface area (Å²) >= 11 is 7.42. The number of methoxy groups -OCH3 is 1. The Kier molecular flexibility index (Phi) is 6.01. The summed E-state index contributed by atoms with van der Waals surface area (Å²) in [5, 5.41) is 0. The molecule has 0 aliphatic rings. The quantitative estimate of drug-likeness (QED) is 0.615. The summed E-state index contributed by atoms with van der Waals surface area (Å²) < 4.78 is 6.63. The molecule has 0 N–H and O–H groups in total. The second-order valence-corrected chi connectivity index (χ2v) is 6.16. The minimum absolute atomic E-state index is 0.351. The Bertz CT molecular complexity index is 373. The van der Waals surface area contributed by atoms with E-state index < -0.39 is 0 Å². The molecule has 3 heteroatoms. The summed E-state index contributed by atoms with van der Waals surface area (Å²) in [6.07, 6.45) is 2.34. The molecule has 1 rings (SSSR count). The van der Waals surface area contributed by atoms with Crippen LogP contribution in [0.3, 0.4) is 0 Å². The van der Waals surface area contributed by atoms with Gasteiger partial charge in [0, 0.05) is 14.9 Å². The first-order chi connectivity index (χ1) is 8.04. The predicted octanol–water partition coefficient (Wildman–Crippen LogP) is 5.64. The molecule has 0 fully saturated rings. The molecule has 0 amide bonds. The van der Waals surface area contributed by atoms with Crippen molar-refractivity contribution in [3.8, 4) is 5.75 Å². The highest BCUT2D eigenvalue weighted by molar-refractivity contribution is 9.10. The predicted molar refractivity (Wildman–Crippen MR) is 81.2 cm³/mol. The SMILES string of the molecule is CCC(CC)C(Br)c1cc(Br)c(C)cc1OC. The van der Waals surface area contributed by atoms with E-state index in [9.17, 15) is 0 Å². The Labute approximate surface area is 121 Å². The van der Waals surface area contributed by atoms with Crippen LogP contribution in [0.5, 0.6) is 5.75 Å². The van der Waals surface area contributed by atoms with Crippen molar-refractivity contribution >= 4 is 31.9 Å². The highest BCUT2D eigenvalue weighted by atomic mass is 79.9. The fraction of sp³-hybridized carbons (Fsp3) is 0.571. The second kappa shape index (κ2) is 6.79. The lowest BCUT2D eigenvalue weighted by Gasteiger charge is -2.22. The van der Waals surface area contributed by atoms with Crippen LogP contribution in [0.4, 0.5) is 0 Å². The number of alkyl halides is 1. The summed E-state index contributed by atoms with van der Waals surface area (Å²) in [5.74, 6) is 1.61. The third kappa shape index (κ3) is 3.47. The third-order valence-electron chi connectivity index (χ3n) is 3.27. The fourth-order valence-electron chi connectivity index (χ4n) is 2.02. The molecule has 1 unspecified atom stereocenters. The largest absolute Gasteiger partial charge is 0.496 e. The van der Waals surface area contributed by atoms with Gasteiger partial charge in [0.25, 0.3) is 0 Å². The van der Waals surface area contributed by atoms with E-state index in [0.29, 0.717) is 10.7 Å². The van der Waals surface area contributed by atoms with Crippen molar-refractivity contribution in [3.63, 3.8) is 0 Å². The molecular formula is C14H20Br2O. The van der Waals surface area contributed by atoms with Gasteiger partial charge < -0.3 is 4.74 Å². The lowest BCUT2D eigenvalue weighted by Crippen LogP contribution is -2.07. The van der Waals surface area contributed by atoms with Crippen LogP contribution >= 0.6 is 31.9 Å². The Morgan fingerprint density at radius 3 is 2.29 bits per heavy atom. The summed E-state index contributed by atoms with van der Waals surface area (Å²) in [4.78, 5) is 0.351. The molecule has 0 bridgehead atoms. The van der Waals surface area contributed by atoms with E-state index in [2.05, 4.69) is 64.8 Å². The zero-order chi connectivity index (χ0) is 13.0. The van der Waals surface area contributed by atoms with Crippen LogP contribution < -0.4 is 4.74 Å². The van der Waals surface area contributed by atoms with Gasteiger partial charge >= 0.3 is 0 Å². The van der Waals surface area contributed by atoms with E-state index in [1.165, 1.54) is 24.0 Å². The maximum Gasteiger partial charge on any atom is 0.123 e. The molecular weight excluding hydrogens is 344 g/mol. The molecule has 1 aromatic rings. The number of benzene rings is 1. The van der Waals surface area contributed by atoms with Gasteiger partial charge in [0.05, 0.1) is 7.11 Å². The average molecular weight is 364 g/mol. The Balaban J connectivity index is 3.15. The van der Waals surface area contributed by atoms with Crippen LogP contribution in [-0.2, 0) is 0 Å². The molecule has 1 nitrogen and oxygen atoms in total. The summed E-state index contributed by atoms with van der Waals surface area (Å²) in [6, 6.07) is 4.27. The number of ether oxygens (including phenoxy) is 1. The van der Waals surface area contributed by atoms with Crippen LogP contribution in [0.1, 0.15) is 42.6 Å². The normalized spacial score (nSPS) is 12.9. The van der Waals surface area contributed by atoms with Crippen molar-refractivity contribution in [1.82, 2.24) is 0 Å². The number of aryl methyl sites for hydroxylation is 1. The first-order valence-corrected chi connectivity index (χ1v) is 7.74. The lowest BCUT2D eigenvalue weighted by atomic mass is 9.93. The average Bonchev–Trinajstić information content (AvgIpc) is 2.33. The van der Waals surface area contributed by atoms with Gasteiger partial charge in [-0.3, -0.25) is 0 Å². The maximum atomic E-state index is 5.49. The van der Waals surface area contributed by atoms with E-state index in [0.717, 1.165) is 10.2 Å². The molecule has 0 aromatic heterocycles. The standard InChI is InChI=1S/C14H20Br2O/c1-5-10(6-2)14(16)11-8-12(15)9(3)7-13(11)17-4/h7-8,10,14H,5-6H2,1-4H3. The minimum atomic E-state index is 0.351. The molecule has 1 atom stereocenters. The molecule has 96 valence electrons. The number of halogens is 2. The number of hydrogen-bond acceptors (Lipinski definition) is 1.